The zero-order valence-corrected chi connectivity index (χ0v) is 14.6. The third kappa shape index (κ3) is 3.99. The molecule has 1 saturated heterocycles. The topological polar surface area (TPSA) is 76.5 Å². The number of alkyl halides is 3. The van der Waals surface area contributed by atoms with Gasteiger partial charge in [-0.2, -0.15) is 13.2 Å². The van der Waals surface area contributed by atoms with Crippen LogP contribution in [-0.4, -0.2) is 29.3 Å². The van der Waals surface area contributed by atoms with Gasteiger partial charge in [-0.15, -0.1) is 0 Å². The summed E-state index contributed by atoms with van der Waals surface area (Å²) in [5.74, 6) is -1.10. The first-order valence-corrected chi connectivity index (χ1v) is 8.54. The molecule has 3 rings (SSSR count). The highest BCUT2D eigenvalue weighted by Gasteiger charge is 2.34. The summed E-state index contributed by atoms with van der Waals surface area (Å²) in [7, 11) is 0. The number of carbonyl (C=O) groups is 2. The number of benzene rings is 1. The molecule has 5 nitrogen and oxygen atoms in total. The smallest absolute Gasteiger partial charge is 0.416 e. The number of nitrogens with two attached hydrogens (primary N) is 1. The SMILES string of the molecule is CC1CCC(C(N)=O)CN1C(=O)c1ccc(-c2cccc(C(F)(F)F)c2)o1. The number of likely N-dealkylation sites (tertiary alicyclic amines) is 1. The maximum atomic E-state index is 12.9. The summed E-state index contributed by atoms with van der Waals surface area (Å²) in [4.78, 5) is 25.7. The third-order valence-corrected chi connectivity index (χ3v) is 4.84. The molecular weight excluding hydrogens is 361 g/mol. The van der Waals surface area contributed by atoms with Crippen LogP contribution in [0.3, 0.4) is 0 Å². The summed E-state index contributed by atoms with van der Waals surface area (Å²) in [6, 6.07) is 7.51. The lowest BCUT2D eigenvalue weighted by molar-refractivity contribution is -0.137. The van der Waals surface area contributed by atoms with E-state index in [1.165, 1.54) is 29.2 Å². The Balaban J connectivity index is 1.83. The maximum Gasteiger partial charge on any atom is 0.416 e. The van der Waals surface area contributed by atoms with Crippen LogP contribution >= 0.6 is 0 Å². The van der Waals surface area contributed by atoms with Gasteiger partial charge in [-0.25, -0.2) is 0 Å². The number of carbonyl (C=O) groups excluding carboxylic acids is 2. The largest absolute Gasteiger partial charge is 0.451 e. The Morgan fingerprint density at radius 3 is 2.59 bits per heavy atom. The zero-order valence-electron chi connectivity index (χ0n) is 14.6. The molecule has 144 valence electrons. The molecule has 2 aromatic rings. The van der Waals surface area contributed by atoms with Gasteiger partial charge >= 0.3 is 6.18 Å². The van der Waals surface area contributed by atoms with E-state index in [2.05, 4.69) is 0 Å². The average molecular weight is 380 g/mol. The molecule has 2 N–H and O–H groups in total. The van der Waals surface area contributed by atoms with Gasteiger partial charge in [-0.1, -0.05) is 12.1 Å². The van der Waals surface area contributed by atoms with Crippen LogP contribution < -0.4 is 5.73 Å². The molecule has 0 aliphatic carbocycles. The van der Waals surface area contributed by atoms with Crippen LogP contribution in [0.1, 0.15) is 35.9 Å². The fourth-order valence-electron chi connectivity index (χ4n) is 3.22. The number of amides is 2. The first-order chi connectivity index (χ1) is 12.7. The minimum absolute atomic E-state index is 0.0133. The Morgan fingerprint density at radius 1 is 1.19 bits per heavy atom. The summed E-state index contributed by atoms with van der Waals surface area (Å²) < 4.78 is 44.1. The van der Waals surface area contributed by atoms with Crippen molar-refractivity contribution in [2.45, 2.75) is 32.0 Å². The van der Waals surface area contributed by atoms with Crippen LogP contribution in [0.4, 0.5) is 13.2 Å². The van der Waals surface area contributed by atoms with Crippen LogP contribution in [0, 0.1) is 5.92 Å². The van der Waals surface area contributed by atoms with Gasteiger partial charge < -0.3 is 15.1 Å². The molecule has 2 amide bonds. The molecular formula is C19H19F3N2O3. The zero-order chi connectivity index (χ0) is 19.8. The Bertz CT molecular complexity index is 860. The van der Waals surface area contributed by atoms with Crippen LogP contribution in [-0.2, 0) is 11.0 Å². The number of rotatable bonds is 3. The molecule has 1 aliphatic heterocycles. The van der Waals surface area contributed by atoms with E-state index in [0.29, 0.717) is 12.8 Å². The van der Waals surface area contributed by atoms with E-state index < -0.39 is 29.5 Å². The minimum atomic E-state index is -4.46. The molecule has 8 heteroatoms. The predicted octanol–water partition coefficient (Wildman–Crippen LogP) is 3.69. The lowest BCUT2D eigenvalue weighted by Gasteiger charge is -2.36. The minimum Gasteiger partial charge on any atom is -0.451 e. The molecule has 1 aliphatic rings. The number of hydrogen-bond acceptors (Lipinski definition) is 3. The van der Waals surface area contributed by atoms with E-state index >= 15 is 0 Å². The first kappa shape index (κ1) is 19.0. The van der Waals surface area contributed by atoms with Gasteiger partial charge in [0.2, 0.25) is 5.91 Å². The fourth-order valence-corrected chi connectivity index (χ4v) is 3.22. The lowest BCUT2D eigenvalue weighted by atomic mass is 9.93. The Labute approximate surface area is 153 Å². The number of primary amides is 1. The van der Waals surface area contributed by atoms with Crippen molar-refractivity contribution in [3.8, 4) is 11.3 Å². The van der Waals surface area contributed by atoms with E-state index in [1.54, 1.807) is 0 Å². The molecule has 1 aromatic carbocycles. The number of nitrogens with zero attached hydrogens (tertiary/aromatic N) is 1. The van der Waals surface area contributed by atoms with Crippen molar-refractivity contribution in [2.75, 3.05) is 6.54 Å². The molecule has 0 spiro atoms. The molecule has 1 fully saturated rings. The second kappa shape index (κ2) is 7.09. The van der Waals surface area contributed by atoms with Crippen LogP contribution in [0.25, 0.3) is 11.3 Å². The molecule has 0 bridgehead atoms. The summed E-state index contributed by atoms with van der Waals surface area (Å²) in [6.07, 6.45) is -3.21. The van der Waals surface area contributed by atoms with E-state index in [4.69, 9.17) is 10.2 Å². The van der Waals surface area contributed by atoms with Crippen LogP contribution in [0.2, 0.25) is 0 Å². The Morgan fingerprint density at radius 2 is 1.93 bits per heavy atom. The highest BCUT2D eigenvalue weighted by molar-refractivity contribution is 5.93. The van der Waals surface area contributed by atoms with Crippen molar-refractivity contribution in [2.24, 2.45) is 11.7 Å². The summed E-state index contributed by atoms with van der Waals surface area (Å²) in [5.41, 5.74) is 4.78. The van der Waals surface area contributed by atoms with E-state index in [-0.39, 0.29) is 29.7 Å². The summed E-state index contributed by atoms with van der Waals surface area (Å²) in [6.45, 7) is 2.07. The monoisotopic (exact) mass is 380 g/mol. The molecule has 0 saturated carbocycles. The lowest BCUT2D eigenvalue weighted by Crippen LogP contribution is -2.48. The Kier molecular flexibility index (Phi) is 4.99. The molecule has 1 aromatic heterocycles. The van der Waals surface area contributed by atoms with Crippen molar-refractivity contribution in [3.63, 3.8) is 0 Å². The fraction of sp³-hybridized carbons (Fsp3) is 0.368. The quantitative estimate of drug-likeness (QED) is 0.882. The third-order valence-electron chi connectivity index (χ3n) is 4.84. The normalized spacial score (nSPS) is 20.5. The highest BCUT2D eigenvalue weighted by Crippen LogP contribution is 2.33. The Hall–Kier alpha value is -2.77. The summed E-state index contributed by atoms with van der Waals surface area (Å²) in [5, 5.41) is 0. The second-order valence-electron chi connectivity index (χ2n) is 6.73. The molecule has 2 unspecified atom stereocenters. The van der Waals surface area contributed by atoms with Gasteiger partial charge in [0, 0.05) is 18.2 Å². The first-order valence-electron chi connectivity index (χ1n) is 8.54. The molecule has 0 radical (unpaired) electrons. The van der Waals surface area contributed by atoms with Gasteiger partial charge in [-0.3, -0.25) is 9.59 Å². The van der Waals surface area contributed by atoms with Gasteiger partial charge in [-0.05, 0) is 44.0 Å². The van der Waals surface area contributed by atoms with Gasteiger partial charge in [0.25, 0.3) is 5.91 Å². The van der Waals surface area contributed by atoms with Gasteiger partial charge in [0.1, 0.15) is 5.76 Å². The second-order valence-corrected chi connectivity index (χ2v) is 6.73. The van der Waals surface area contributed by atoms with Crippen LogP contribution in [0.5, 0.6) is 0 Å². The maximum absolute atomic E-state index is 12.9. The number of furan rings is 1. The number of hydrogen-bond donors (Lipinski definition) is 1. The van der Waals surface area contributed by atoms with Gasteiger partial charge in [0.05, 0.1) is 11.5 Å². The molecule has 2 heterocycles. The van der Waals surface area contributed by atoms with Crippen LogP contribution in [0.15, 0.2) is 40.8 Å². The standard InChI is InChI=1S/C19H19F3N2O3/c1-11-5-6-13(17(23)25)10-24(11)18(26)16-8-7-15(27-16)12-3-2-4-14(9-12)19(20,21)22/h2-4,7-9,11,13H,5-6,10H2,1H3,(H2,23,25). The van der Waals surface area contributed by atoms with Crippen molar-refractivity contribution in [1.29, 1.82) is 0 Å². The predicted molar refractivity (Wildman–Crippen MR) is 91.6 cm³/mol. The van der Waals surface area contributed by atoms with Gasteiger partial charge in [0.15, 0.2) is 5.76 Å². The van der Waals surface area contributed by atoms with E-state index in [1.807, 2.05) is 6.92 Å². The van der Waals surface area contributed by atoms with E-state index in [0.717, 1.165) is 12.1 Å². The highest BCUT2D eigenvalue weighted by atomic mass is 19.4. The summed E-state index contributed by atoms with van der Waals surface area (Å²) >= 11 is 0. The average Bonchev–Trinajstić information content (AvgIpc) is 3.11. The molecule has 2 atom stereocenters. The van der Waals surface area contributed by atoms with Crippen molar-refractivity contribution < 1.29 is 27.2 Å². The number of halogens is 3. The van der Waals surface area contributed by atoms with Crippen molar-refractivity contribution >= 4 is 11.8 Å². The number of piperidine rings is 1. The van der Waals surface area contributed by atoms with E-state index in [9.17, 15) is 22.8 Å². The van der Waals surface area contributed by atoms with Crippen molar-refractivity contribution in [1.82, 2.24) is 4.90 Å². The molecule has 27 heavy (non-hydrogen) atoms. The van der Waals surface area contributed by atoms with Crippen molar-refractivity contribution in [3.05, 3.63) is 47.7 Å².